The molecule has 2 saturated heterocycles. The zero-order valence-corrected chi connectivity index (χ0v) is 22.4. The van der Waals surface area contributed by atoms with Gasteiger partial charge < -0.3 is 20.2 Å². The molecule has 2 aliphatic rings. The molecule has 3 rings (SSSR count). The number of rotatable bonds is 7. The van der Waals surface area contributed by atoms with E-state index < -0.39 is 17.1 Å². The normalized spacial score (nSPS) is 25.0. The summed E-state index contributed by atoms with van der Waals surface area (Å²) >= 11 is 6.03. The first-order valence-corrected chi connectivity index (χ1v) is 13.1. The van der Waals surface area contributed by atoms with E-state index in [-0.39, 0.29) is 29.6 Å². The van der Waals surface area contributed by atoms with Crippen LogP contribution in [0.4, 0.5) is 0 Å². The monoisotopic (exact) mass is 505 g/mol. The molecular weight excluding hydrogens is 466 g/mol. The van der Waals surface area contributed by atoms with Gasteiger partial charge in [0.15, 0.2) is 0 Å². The number of halogens is 1. The highest BCUT2D eigenvalue weighted by atomic mass is 35.5. The van der Waals surface area contributed by atoms with Crippen LogP contribution in [0.1, 0.15) is 65.9 Å². The van der Waals surface area contributed by atoms with E-state index in [1.807, 2.05) is 46.8 Å². The van der Waals surface area contributed by atoms with Crippen molar-refractivity contribution in [2.75, 3.05) is 26.2 Å². The zero-order chi connectivity index (χ0) is 26.0. The van der Waals surface area contributed by atoms with E-state index in [2.05, 4.69) is 5.32 Å². The maximum atomic E-state index is 13.6. The summed E-state index contributed by atoms with van der Waals surface area (Å²) in [5.41, 5.74) is -0.911. The molecule has 1 aromatic carbocycles. The van der Waals surface area contributed by atoms with E-state index in [1.54, 1.807) is 21.9 Å². The number of amides is 3. The lowest BCUT2D eigenvalue weighted by Gasteiger charge is -2.51. The molecule has 35 heavy (non-hydrogen) atoms. The van der Waals surface area contributed by atoms with E-state index in [1.165, 1.54) is 0 Å². The van der Waals surface area contributed by atoms with Crippen molar-refractivity contribution in [3.8, 4) is 0 Å². The van der Waals surface area contributed by atoms with Crippen LogP contribution in [0.5, 0.6) is 0 Å². The fourth-order valence-electron chi connectivity index (χ4n) is 5.33. The van der Waals surface area contributed by atoms with Crippen molar-refractivity contribution in [1.82, 2.24) is 15.1 Å². The van der Waals surface area contributed by atoms with Crippen LogP contribution in [0.15, 0.2) is 24.3 Å². The summed E-state index contributed by atoms with van der Waals surface area (Å²) in [5, 5.41) is 15.2. The molecule has 0 saturated carbocycles. The predicted molar refractivity (Wildman–Crippen MR) is 137 cm³/mol. The third-order valence-corrected chi connectivity index (χ3v) is 7.94. The summed E-state index contributed by atoms with van der Waals surface area (Å²) in [5.74, 6) is -0.596. The largest absolute Gasteiger partial charge is 0.384 e. The molecule has 0 spiro atoms. The second-order valence-electron chi connectivity index (χ2n) is 11.1. The average Bonchev–Trinajstić information content (AvgIpc) is 3.30. The Bertz CT molecular complexity index is 933. The Morgan fingerprint density at radius 1 is 1.14 bits per heavy atom. The van der Waals surface area contributed by atoms with Crippen LogP contribution in [-0.2, 0) is 20.0 Å². The van der Waals surface area contributed by atoms with Crippen molar-refractivity contribution < 1.29 is 19.5 Å². The first-order chi connectivity index (χ1) is 16.4. The van der Waals surface area contributed by atoms with Gasteiger partial charge in [-0.05, 0) is 42.9 Å². The molecule has 0 bridgehead atoms. The molecule has 0 aromatic heterocycles. The van der Waals surface area contributed by atoms with Crippen LogP contribution in [-0.4, -0.2) is 64.8 Å². The van der Waals surface area contributed by atoms with Crippen LogP contribution in [0, 0.1) is 17.3 Å². The third-order valence-electron chi connectivity index (χ3n) is 7.69. The van der Waals surface area contributed by atoms with Gasteiger partial charge in [-0.2, -0.15) is 0 Å². The molecular formula is C27H40ClN3O4. The van der Waals surface area contributed by atoms with Crippen molar-refractivity contribution in [2.45, 2.75) is 71.9 Å². The topological polar surface area (TPSA) is 90.0 Å². The van der Waals surface area contributed by atoms with Crippen LogP contribution >= 0.6 is 11.6 Å². The van der Waals surface area contributed by atoms with Crippen molar-refractivity contribution >= 4 is 29.3 Å². The summed E-state index contributed by atoms with van der Waals surface area (Å²) in [6.07, 6.45) is 2.29. The minimum atomic E-state index is -1.09. The molecule has 3 amide bonds. The molecule has 0 aliphatic carbocycles. The van der Waals surface area contributed by atoms with Gasteiger partial charge in [0, 0.05) is 43.0 Å². The van der Waals surface area contributed by atoms with Gasteiger partial charge in [-0.3, -0.25) is 14.4 Å². The number of piperidine rings is 1. The Morgan fingerprint density at radius 2 is 1.80 bits per heavy atom. The number of carbonyl (C=O) groups excluding carboxylic acids is 3. The van der Waals surface area contributed by atoms with Crippen molar-refractivity contribution in [3.63, 3.8) is 0 Å². The number of benzene rings is 1. The van der Waals surface area contributed by atoms with Crippen molar-refractivity contribution in [1.29, 1.82) is 0 Å². The molecule has 2 heterocycles. The van der Waals surface area contributed by atoms with E-state index in [0.717, 1.165) is 12.0 Å². The van der Waals surface area contributed by atoms with Gasteiger partial charge in [0.2, 0.25) is 17.7 Å². The lowest BCUT2D eigenvalue weighted by Crippen LogP contribution is -2.60. The van der Waals surface area contributed by atoms with E-state index in [0.29, 0.717) is 50.5 Å². The van der Waals surface area contributed by atoms with E-state index in [9.17, 15) is 19.5 Å². The highest BCUT2D eigenvalue weighted by Crippen LogP contribution is 2.46. The van der Waals surface area contributed by atoms with E-state index >= 15 is 0 Å². The Labute approximate surface area is 214 Å². The zero-order valence-electron chi connectivity index (χ0n) is 21.6. The quantitative estimate of drug-likeness (QED) is 0.592. The lowest BCUT2D eigenvalue weighted by molar-refractivity contribution is -0.157. The molecule has 1 aromatic rings. The van der Waals surface area contributed by atoms with Crippen LogP contribution < -0.4 is 5.32 Å². The smallest absolute Gasteiger partial charge is 0.245 e. The van der Waals surface area contributed by atoms with Crippen molar-refractivity contribution in [2.24, 2.45) is 17.3 Å². The first-order valence-electron chi connectivity index (χ1n) is 12.7. The van der Waals surface area contributed by atoms with Gasteiger partial charge in [-0.1, -0.05) is 58.4 Å². The number of hydrogen-bond acceptors (Lipinski definition) is 4. The average molecular weight is 506 g/mol. The molecule has 2 N–H and O–H groups in total. The Balaban J connectivity index is 1.67. The third kappa shape index (κ3) is 5.83. The molecule has 2 aliphatic heterocycles. The summed E-state index contributed by atoms with van der Waals surface area (Å²) < 4.78 is 0. The SMILES string of the molecule is CCCC(=O)N1CC[C@@H](C(=O)N[C@@H](C(=O)N2CC[C@](O)(c3ccc(Cl)cc3)C(C)(C)C2)C(C)C)C1. The second-order valence-corrected chi connectivity index (χ2v) is 11.5. The van der Waals surface area contributed by atoms with Gasteiger partial charge in [-0.15, -0.1) is 0 Å². The molecule has 7 nitrogen and oxygen atoms in total. The predicted octanol–water partition coefficient (Wildman–Crippen LogP) is 3.58. The number of nitrogens with one attached hydrogen (secondary N) is 1. The molecule has 3 atom stereocenters. The summed E-state index contributed by atoms with van der Waals surface area (Å²) in [4.78, 5) is 42.3. The molecule has 0 radical (unpaired) electrons. The second kappa shape index (κ2) is 10.9. The Hall–Kier alpha value is -2.12. The van der Waals surface area contributed by atoms with Gasteiger partial charge in [0.05, 0.1) is 11.5 Å². The maximum Gasteiger partial charge on any atom is 0.245 e. The first kappa shape index (κ1) is 27.5. The van der Waals surface area contributed by atoms with Crippen LogP contribution in [0.25, 0.3) is 0 Å². The van der Waals surface area contributed by atoms with Gasteiger partial charge in [0.25, 0.3) is 0 Å². The number of aliphatic hydroxyl groups is 1. The summed E-state index contributed by atoms with van der Waals surface area (Å²) in [6, 6.07) is 6.57. The van der Waals surface area contributed by atoms with Gasteiger partial charge >= 0.3 is 0 Å². The molecule has 0 unspecified atom stereocenters. The highest BCUT2D eigenvalue weighted by Gasteiger charge is 2.50. The van der Waals surface area contributed by atoms with Crippen molar-refractivity contribution in [3.05, 3.63) is 34.9 Å². The molecule has 194 valence electrons. The molecule has 2 fully saturated rings. The number of nitrogens with zero attached hydrogens (tertiary/aromatic N) is 2. The Kier molecular flexibility index (Phi) is 8.53. The van der Waals surface area contributed by atoms with Gasteiger partial charge in [0.1, 0.15) is 6.04 Å². The molecule has 8 heteroatoms. The van der Waals surface area contributed by atoms with Crippen LogP contribution in [0.3, 0.4) is 0 Å². The maximum absolute atomic E-state index is 13.6. The lowest BCUT2D eigenvalue weighted by atomic mass is 9.66. The Morgan fingerprint density at radius 3 is 2.37 bits per heavy atom. The number of carbonyl (C=O) groups is 3. The summed E-state index contributed by atoms with van der Waals surface area (Å²) in [7, 11) is 0. The minimum Gasteiger partial charge on any atom is -0.384 e. The van der Waals surface area contributed by atoms with E-state index in [4.69, 9.17) is 11.6 Å². The minimum absolute atomic E-state index is 0.0861. The standard InChI is InChI=1S/C27H40ClN3O4/c1-6-7-22(32)30-14-12-19(16-30)24(33)29-23(18(2)3)25(34)31-15-13-27(35,26(4,5)17-31)20-8-10-21(28)11-9-20/h8-11,18-19,23,35H,6-7,12-17H2,1-5H3,(H,29,33)/t19-,23-,27+/m1/s1. The number of likely N-dealkylation sites (tertiary alicyclic amines) is 2. The fraction of sp³-hybridized carbons (Fsp3) is 0.667. The number of hydrogen-bond donors (Lipinski definition) is 2. The fourth-order valence-corrected chi connectivity index (χ4v) is 5.45. The van der Waals surface area contributed by atoms with Gasteiger partial charge in [-0.25, -0.2) is 0 Å². The highest BCUT2D eigenvalue weighted by molar-refractivity contribution is 6.30. The van der Waals surface area contributed by atoms with Crippen LogP contribution in [0.2, 0.25) is 5.02 Å². The summed E-state index contributed by atoms with van der Waals surface area (Å²) in [6.45, 7) is 11.5.